The smallest absolute Gasteiger partial charge is 0.270 e. The molecule has 1 unspecified atom stereocenters. The van der Waals surface area contributed by atoms with Crippen molar-refractivity contribution in [1.82, 2.24) is 15.2 Å². The normalized spacial score (nSPS) is 21.3. The highest BCUT2D eigenvalue weighted by molar-refractivity contribution is 6.00. The van der Waals surface area contributed by atoms with E-state index in [1.54, 1.807) is 0 Å². The number of nitrogen functional groups attached to an aromatic ring is 1. The van der Waals surface area contributed by atoms with Crippen molar-refractivity contribution in [2.75, 3.05) is 61.3 Å². The van der Waals surface area contributed by atoms with Gasteiger partial charge in [0.1, 0.15) is 0 Å². The number of carbonyl (C=O) groups is 1. The molecule has 0 aliphatic carbocycles. The van der Waals surface area contributed by atoms with Crippen LogP contribution in [0.5, 0.6) is 0 Å². The number of allylic oxidation sites excluding steroid dienone is 1. The highest BCUT2D eigenvalue weighted by atomic mass is 16.2. The van der Waals surface area contributed by atoms with Crippen LogP contribution in [0.4, 0.5) is 17.1 Å². The van der Waals surface area contributed by atoms with E-state index in [0.717, 1.165) is 76.5 Å². The number of piperazine rings is 1. The van der Waals surface area contributed by atoms with Crippen LogP contribution in [0.1, 0.15) is 36.0 Å². The van der Waals surface area contributed by atoms with Crippen molar-refractivity contribution in [3.8, 4) is 0 Å². The Hall–Kier alpha value is -3.49. The van der Waals surface area contributed by atoms with Crippen molar-refractivity contribution < 1.29 is 4.79 Å². The van der Waals surface area contributed by atoms with Crippen molar-refractivity contribution in [1.29, 1.82) is 0 Å². The van der Waals surface area contributed by atoms with Gasteiger partial charge >= 0.3 is 0 Å². The van der Waals surface area contributed by atoms with Crippen molar-refractivity contribution in [2.45, 2.75) is 31.7 Å². The number of hydrazine groups is 1. The fraction of sp³-hybridized carbons (Fsp3) is 0.433. The van der Waals surface area contributed by atoms with Gasteiger partial charge in [0, 0.05) is 74.3 Å². The second kappa shape index (κ2) is 11.5. The first kappa shape index (κ1) is 26.1. The molecule has 5 N–H and O–H groups in total. The van der Waals surface area contributed by atoms with Crippen LogP contribution in [0, 0.1) is 5.92 Å². The third-order valence-electron chi connectivity index (χ3n) is 8.29. The van der Waals surface area contributed by atoms with Gasteiger partial charge in [0.25, 0.3) is 5.91 Å². The topological polar surface area (TPSA) is 94.1 Å². The molecular formula is C30H41N7O. The summed E-state index contributed by atoms with van der Waals surface area (Å²) in [6, 6.07) is 16.2. The first-order chi connectivity index (χ1) is 18.4. The van der Waals surface area contributed by atoms with Crippen molar-refractivity contribution >= 4 is 23.0 Å². The van der Waals surface area contributed by atoms with Gasteiger partial charge in [0.2, 0.25) is 0 Å². The Kier molecular flexibility index (Phi) is 7.90. The number of hydrogen-bond donors (Lipinski definition) is 3. The summed E-state index contributed by atoms with van der Waals surface area (Å²) in [6.07, 6.45) is 3.74. The van der Waals surface area contributed by atoms with E-state index < -0.39 is 0 Å². The number of rotatable bonds is 6. The van der Waals surface area contributed by atoms with E-state index in [4.69, 9.17) is 11.6 Å². The lowest BCUT2D eigenvalue weighted by molar-refractivity contribution is 0.0687. The summed E-state index contributed by atoms with van der Waals surface area (Å²) in [7, 11) is 0. The largest absolute Gasteiger partial charge is 0.398 e. The van der Waals surface area contributed by atoms with Crippen molar-refractivity contribution in [3.63, 3.8) is 0 Å². The Morgan fingerprint density at radius 2 is 1.61 bits per heavy atom. The molecule has 0 radical (unpaired) electrons. The molecule has 3 aliphatic rings. The van der Waals surface area contributed by atoms with Gasteiger partial charge in [-0.1, -0.05) is 31.4 Å². The molecule has 202 valence electrons. The molecule has 0 saturated carbocycles. The molecule has 3 aliphatic heterocycles. The zero-order valence-electron chi connectivity index (χ0n) is 22.3. The summed E-state index contributed by atoms with van der Waals surface area (Å²) in [5.74, 6) is 6.70. The quantitative estimate of drug-likeness (QED) is 0.235. The summed E-state index contributed by atoms with van der Waals surface area (Å²) in [4.78, 5) is 20.8. The van der Waals surface area contributed by atoms with Crippen LogP contribution < -0.4 is 26.7 Å². The first-order valence-corrected chi connectivity index (χ1v) is 13.8. The summed E-state index contributed by atoms with van der Waals surface area (Å²) in [5.41, 5.74) is 11.1. The first-order valence-electron chi connectivity index (χ1n) is 13.8. The van der Waals surface area contributed by atoms with Gasteiger partial charge in [-0.15, -0.1) is 0 Å². The second-order valence-electron chi connectivity index (χ2n) is 10.8. The monoisotopic (exact) mass is 515 g/mol. The summed E-state index contributed by atoms with van der Waals surface area (Å²) in [5, 5.41) is 4.39. The molecule has 8 heteroatoms. The Morgan fingerprint density at radius 1 is 0.921 bits per heavy atom. The minimum absolute atomic E-state index is 0.283. The summed E-state index contributed by atoms with van der Waals surface area (Å²) in [6.45, 7) is 15.5. The molecule has 2 aromatic carbocycles. The lowest BCUT2D eigenvalue weighted by Gasteiger charge is -2.40. The van der Waals surface area contributed by atoms with Crippen molar-refractivity contribution in [3.05, 3.63) is 78.6 Å². The van der Waals surface area contributed by atoms with E-state index in [1.165, 1.54) is 10.7 Å². The van der Waals surface area contributed by atoms with Crippen LogP contribution in [0.25, 0.3) is 0 Å². The Bertz CT molecular complexity index is 1150. The molecule has 8 nitrogen and oxygen atoms in total. The average molecular weight is 516 g/mol. The van der Waals surface area contributed by atoms with Gasteiger partial charge in [-0.25, -0.2) is 5.84 Å². The fourth-order valence-electron chi connectivity index (χ4n) is 5.94. The molecule has 38 heavy (non-hydrogen) atoms. The van der Waals surface area contributed by atoms with E-state index in [1.807, 2.05) is 18.2 Å². The maximum Gasteiger partial charge on any atom is 0.270 e. The van der Waals surface area contributed by atoms with E-state index in [-0.39, 0.29) is 11.9 Å². The van der Waals surface area contributed by atoms with Crippen LogP contribution in [-0.2, 0) is 0 Å². The SMILES string of the molecule is C=C1CCC(N(N)C(=O)c2cc(N3CCC(CN4CCN(c5ccccc5)CC4)CC3)ccc2N)C(=C)N1. The number of nitrogens with one attached hydrogen (secondary N) is 1. The maximum atomic E-state index is 13.3. The lowest BCUT2D eigenvalue weighted by Crippen LogP contribution is -2.50. The molecule has 0 spiro atoms. The van der Waals surface area contributed by atoms with Crippen LogP contribution in [0.3, 0.4) is 0 Å². The number of nitrogens with two attached hydrogens (primary N) is 2. The lowest BCUT2D eigenvalue weighted by atomic mass is 9.95. The van der Waals surface area contributed by atoms with Gasteiger partial charge in [-0.05, 0) is 61.9 Å². The second-order valence-corrected chi connectivity index (χ2v) is 10.8. The molecule has 3 saturated heterocycles. The number of benzene rings is 2. The molecule has 1 atom stereocenters. The highest BCUT2D eigenvalue weighted by Crippen LogP contribution is 2.29. The third-order valence-corrected chi connectivity index (χ3v) is 8.29. The minimum Gasteiger partial charge on any atom is -0.398 e. The zero-order valence-corrected chi connectivity index (χ0v) is 22.3. The number of carbonyl (C=O) groups excluding carboxylic acids is 1. The van der Waals surface area contributed by atoms with E-state index in [9.17, 15) is 4.79 Å². The van der Waals surface area contributed by atoms with Gasteiger partial charge in [0.05, 0.1) is 11.6 Å². The van der Waals surface area contributed by atoms with Gasteiger partial charge in [-0.2, -0.15) is 0 Å². The number of nitrogens with zero attached hydrogens (tertiary/aromatic N) is 4. The third kappa shape index (κ3) is 5.81. The zero-order chi connectivity index (χ0) is 26.6. The van der Waals surface area contributed by atoms with Gasteiger partial charge in [-0.3, -0.25) is 14.7 Å². The molecule has 2 aromatic rings. The minimum atomic E-state index is -0.290. The van der Waals surface area contributed by atoms with Gasteiger partial charge in [0.15, 0.2) is 0 Å². The summed E-state index contributed by atoms with van der Waals surface area (Å²) >= 11 is 0. The number of amides is 1. The van der Waals surface area contributed by atoms with Crippen LogP contribution in [-0.4, -0.2) is 67.7 Å². The average Bonchev–Trinajstić information content (AvgIpc) is 2.94. The number of piperidine rings is 2. The predicted molar refractivity (Wildman–Crippen MR) is 156 cm³/mol. The molecule has 3 heterocycles. The van der Waals surface area contributed by atoms with Crippen molar-refractivity contribution in [2.24, 2.45) is 11.8 Å². The highest BCUT2D eigenvalue weighted by Gasteiger charge is 2.30. The Labute approximate surface area is 226 Å². The summed E-state index contributed by atoms with van der Waals surface area (Å²) < 4.78 is 0. The molecule has 0 aromatic heterocycles. The number of hydrogen-bond acceptors (Lipinski definition) is 7. The molecule has 5 rings (SSSR count). The fourth-order valence-corrected chi connectivity index (χ4v) is 5.94. The van der Waals surface area contributed by atoms with E-state index in [0.29, 0.717) is 29.3 Å². The molecule has 3 fully saturated rings. The van der Waals surface area contributed by atoms with E-state index in [2.05, 4.69) is 63.5 Å². The molecule has 0 bridgehead atoms. The Morgan fingerprint density at radius 3 is 2.29 bits per heavy atom. The maximum absolute atomic E-state index is 13.3. The predicted octanol–water partition coefficient (Wildman–Crippen LogP) is 3.40. The standard InChI is InChI=1S/C30H41N7O/c1-22-8-11-29(23(2)33-22)37(32)30(38)27-20-26(9-10-28(27)31)35-14-12-24(13-15-35)21-34-16-18-36(19-17-34)25-6-4-3-5-7-25/h3-7,9-10,20,24,29,33H,1-2,8,11-19,21,31-32H2. The number of para-hydroxylation sites is 1. The molecular weight excluding hydrogens is 474 g/mol. The Balaban J connectivity index is 1.14. The molecule has 1 amide bonds. The van der Waals surface area contributed by atoms with E-state index >= 15 is 0 Å². The van der Waals surface area contributed by atoms with Gasteiger partial charge < -0.3 is 20.9 Å². The number of anilines is 3. The van der Waals surface area contributed by atoms with Crippen LogP contribution in [0.2, 0.25) is 0 Å². The van der Waals surface area contributed by atoms with Crippen LogP contribution >= 0.6 is 0 Å². The van der Waals surface area contributed by atoms with Crippen LogP contribution in [0.15, 0.2) is 73.1 Å².